The SMILES string of the molecule is COc1ccc(-c2c3c(=O)n(C)c(=O)n(C)c3c3n2CCO[C@@H]3c2cccc(OC)c2O)cc1. The lowest BCUT2D eigenvalue weighted by atomic mass is 10.0. The van der Waals surface area contributed by atoms with E-state index in [1.54, 1.807) is 32.4 Å². The number of phenolic OH excluding ortho intramolecular Hbond substituents is 1. The molecule has 34 heavy (non-hydrogen) atoms. The van der Waals surface area contributed by atoms with Crippen molar-refractivity contribution in [1.29, 1.82) is 0 Å². The molecule has 9 nitrogen and oxygen atoms in total. The van der Waals surface area contributed by atoms with E-state index in [1.165, 1.54) is 18.7 Å². The third-order valence-electron chi connectivity index (χ3n) is 6.45. The van der Waals surface area contributed by atoms with Gasteiger partial charge in [-0.1, -0.05) is 12.1 Å². The van der Waals surface area contributed by atoms with Crippen LogP contribution in [0.25, 0.3) is 22.2 Å². The second kappa shape index (κ2) is 8.11. The zero-order valence-electron chi connectivity index (χ0n) is 19.4. The predicted octanol–water partition coefficient (Wildman–Crippen LogP) is 2.55. The van der Waals surface area contributed by atoms with Gasteiger partial charge in [-0.15, -0.1) is 0 Å². The van der Waals surface area contributed by atoms with Crippen molar-refractivity contribution < 1.29 is 19.3 Å². The lowest BCUT2D eigenvalue weighted by Gasteiger charge is -2.28. The van der Waals surface area contributed by atoms with Crippen molar-refractivity contribution in [2.45, 2.75) is 12.6 Å². The van der Waals surface area contributed by atoms with Crippen LogP contribution in [0.2, 0.25) is 0 Å². The molecule has 0 aliphatic carbocycles. The number of aromatic hydroxyl groups is 1. The fourth-order valence-electron chi connectivity index (χ4n) is 4.78. The van der Waals surface area contributed by atoms with Crippen LogP contribution in [0.5, 0.6) is 17.2 Å². The van der Waals surface area contributed by atoms with Crippen LogP contribution in [0.4, 0.5) is 0 Å². The van der Waals surface area contributed by atoms with Gasteiger partial charge in [-0.05, 0) is 35.9 Å². The van der Waals surface area contributed by atoms with Gasteiger partial charge in [-0.25, -0.2) is 4.79 Å². The number of rotatable bonds is 4. The summed E-state index contributed by atoms with van der Waals surface area (Å²) >= 11 is 0. The van der Waals surface area contributed by atoms with E-state index in [0.717, 1.165) is 10.1 Å². The van der Waals surface area contributed by atoms with Crippen molar-refractivity contribution in [3.63, 3.8) is 0 Å². The zero-order valence-corrected chi connectivity index (χ0v) is 19.4. The molecule has 1 atom stereocenters. The highest BCUT2D eigenvalue weighted by Gasteiger charge is 2.34. The lowest BCUT2D eigenvalue weighted by molar-refractivity contribution is 0.0462. The van der Waals surface area contributed by atoms with Crippen LogP contribution in [0.15, 0.2) is 52.1 Å². The van der Waals surface area contributed by atoms with Gasteiger partial charge in [-0.2, -0.15) is 0 Å². The first-order chi connectivity index (χ1) is 16.4. The Hall–Kier alpha value is -3.98. The molecule has 9 heteroatoms. The Morgan fingerprint density at radius 3 is 2.41 bits per heavy atom. The molecule has 0 bridgehead atoms. The summed E-state index contributed by atoms with van der Waals surface area (Å²) in [6.45, 7) is 0.830. The number of ether oxygens (including phenoxy) is 3. The quantitative estimate of drug-likeness (QED) is 0.500. The van der Waals surface area contributed by atoms with Crippen molar-refractivity contribution in [2.75, 3.05) is 20.8 Å². The summed E-state index contributed by atoms with van der Waals surface area (Å²) in [4.78, 5) is 26.4. The normalized spacial score (nSPS) is 15.4. The highest BCUT2D eigenvalue weighted by molar-refractivity contribution is 5.96. The minimum atomic E-state index is -0.712. The average Bonchev–Trinajstić information content (AvgIpc) is 3.22. The summed E-state index contributed by atoms with van der Waals surface area (Å²) in [7, 11) is 6.19. The van der Waals surface area contributed by atoms with Gasteiger partial charge in [0.25, 0.3) is 5.56 Å². The monoisotopic (exact) mass is 463 g/mol. The molecule has 0 spiro atoms. The van der Waals surface area contributed by atoms with Gasteiger partial charge in [0, 0.05) is 26.2 Å². The summed E-state index contributed by atoms with van der Waals surface area (Å²) in [5.41, 5.74) is 2.28. The van der Waals surface area contributed by atoms with E-state index < -0.39 is 11.8 Å². The Morgan fingerprint density at radius 2 is 1.74 bits per heavy atom. The van der Waals surface area contributed by atoms with Crippen molar-refractivity contribution in [2.24, 2.45) is 14.1 Å². The number of benzene rings is 2. The second-order valence-electron chi connectivity index (χ2n) is 8.19. The lowest BCUT2D eigenvalue weighted by Crippen LogP contribution is -2.37. The number of aryl methyl sites for hydroxylation is 1. The van der Waals surface area contributed by atoms with Crippen LogP contribution >= 0.6 is 0 Å². The summed E-state index contributed by atoms with van der Waals surface area (Å²) in [6, 6.07) is 12.6. The number of nitrogens with zero attached hydrogens (tertiary/aromatic N) is 3. The molecule has 1 N–H and O–H groups in total. The van der Waals surface area contributed by atoms with E-state index >= 15 is 0 Å². The van der Waals surface area contributed by atoms with Crippen LogP contribution in [0.1, 0.15) is 17.4 Å². The van der Waals surface area contributed by atoms with Gasteiger partial charge < -0.3 is 23.9 Å². The number of hydrogen-bond acceptors (Lipinski definition) is 6. The summed E-state index contributed by atoms with van der Waals surface area (Å²) < 4.78 is 21.3. The minimum Gasteiger partial charge on any atom is -0.504 e. The zero-order chi connectivity index (χ0) is 24.1. The molecule has 0 amide bonds. The van der Waals surface area contributed by atoms with E-state index in [9.17, 15) is 14.7 Å². The van der Waals surface area contributed by atoms with Gasteiger partial charge >= 0.3 is 5.69 Å². The Kier molecular flexibility index (Phi) is 5.21. The Balaban J connectivity index is 1.91. The number of para-hydroxylation sites is 1. The van der Waals surface area contributed by atoms with Gasteiger partial charge in [0.15, 0.2) is 11.5 Å². The maximum atomic E-state index is 13.4. The molecule has 2 aromatic heterocycles. The summed E-state index contributed by atoms with van der Waals surface area (Å²) in [6.07, 6.45) is -0.712. The Labute approximate surface area is 195 Å². The highest BCUT2D eigenvalue weighted by Crippen LogP contribution is 2.44. The number of aromatic nitrogens is 3. The largest absolute Gasteiger partial charge is 0.504 e. The fraction of sp³-hybridized carbons (Fsp3) is 0.280. The molecular weight excluding hydrogens is 438 g/mol. The maximum Gasteiger partial charge on any atom is 0.331 e. The molecule has 0 unspecified atom stereocenters. The minimum absolute atomic E-state index is 0.0439. The van der Waals surface area contributed by atoms with Crippen LogP contribution in [0, 0.1) is 0 Å². The third kappa shape index (κ3) is 3.04. The molecule has 176 valence electrons. The topological polar surface area (TPSA) is 96.9 Å². The number of fused-ring (bicyclic) bond motifs is 3. The van der Waals surface area contributed by atoms with Crippen molar-refractivity contribution in [1.82, 2.24) is 13.7 Å². The van der Waals surface area contributed by atoms with Gasteiger partial charge in [0.05, 0.1) is 43.1 Å². The first-order valence-corrected chi connectivity index (χ1v) is 10.8. The van der Waals surface area contributed by atoms with Crippen molar-refractivity contribution in [3.05, 3.63) is 74.6 Å². The average molecular weight is 463 g/mol. The molecule has 4 aromatic rings. The third-order valence-corrected chi connectivity index (χ3v) is 6.45. The van der Waals surface area contributed by atoms with Crippen LogP contribution < -0.4 is 20.7 Å². The summed E-state index contributed by atoms with van der Waals surface area (Å²) in [5, 5.41) is 11.3. The Morgan fingerprint density at radius 1 is 1.00 bits per heavy atom. The van der Waals surface area contributed by atoms with Gasteiger partial charge in [0.2, 0.25) is 0 Å². The molecular formula is C25H25N3O6. The summed E-state index contributed by atoms with van der Waals surface area (Å²) in [5.74, 6) is 0.966. The number of methoxy groups -OCH3 is 2. The fourth-order valence-corrected chi connectivity index (χ4v) is 4.78. The van der Waals surface area contributed by atoms with Crippen molar-refractivity contribution in [3.8, 4) is 28.5 Å². The van der Waals surface area contributed by atoms with E-state index in [2.05, 4.69) is 0 Å². The first-order valence-electron chi connectivity index (χ1n) is 10.8. The van der Waals surface area contributed by atoms with Crippen molar-refractivity contribution >= 4 is 10.9 Å². The number of hydrogen-bond donors (Lipinski definition) is 1. The number of phenols is 1. The molecule has 0 radical (unpaired) electrons. The predicted molar refractivity (Wildman–Crippen MR) is 127 cm³/mol. The molecule has 3 heterocycles. The van der Waals surface area contributed by atoms with Crippen LogP contribution in [0.3, 0.4) is 0 Å². The van der Waals surface area contributed by atoms with Gasteiger partial charge in [0.1, 0.15) is 11.9 Å². The molecule has 1 aliphatic heterocycles. The second-order valence-corrected chi connectivity index (χ2v) is 8.19. The van der Waals surface area contributed by atoms with E-state index in [0.29, 0.717) is 52.5 Å². The smallest absolute Gasteiger partial charge is 0.331 e. The standard InChI is InChI=1S/C25H25N3O6/c1-26-20-18(24(30)27(2)25(26)31)19(14-8-10-15(32-3)11-9-14)28-12-13-34-23(21(20)28)16-6-5-7-17(33-4)22(16)29/h5-11,23,29H,12-13H2,1-4H3/t23-/m1/s1. The van der Waals surface area contributed by atoms with E-state index in [1.807, 2.05) is 28.8 Å². The molecule has 2 aromatic carbocycles. The molecule has 0 fully saturated rings. The van der Waals surface area contributed by atoms with Crippen LogP contribution in [-0.2, 0) is 25.4 Å². The highest BCUT2D eigenvalue weighted by atomic mass is 16.5. The van der Waals surface area contributed by atoms with Gasteiger partial charge in [-0.3, -0.25) is 13.9 Å². The van der Waals surface area contributed by atoms with E-state index in [-0.39, 0.29) is 11.3 Å². The maximum absolute atomic E-state index is 13.4. The molecule has 5 rings (SSSR count). The Bertz CT molecular complexity index is 1530. The molecule has 0 saturated carbocycles. The van der Waals surface area contributed by atoms with E-state index in [4.69, 9.17) is 14.2 Å². The molecule has 1 aliphatic rings. The van der Waals surface area contributed by atoms with Crippen LogP contribution in [-0.4, -0.2) is 39.6 Å². The first kappa shape index (κ1) is 21.8. The molecule has 0 saturated heterocycles.